The largest absolute Gasteiger partial charge is 0.479 e. The van der Waals surface area contributed by atoms with E-state index in [4.69, 9.17) is 4.99 Å². The van der Waals surface area contributed by atoms with Crippen LogP contribution in [0.25, 0.3) is 0 Å². The molecule has 0 saturated heterocycles. The second kappa shape index (κ2) is 6.71. The number of hydrogen-bond acceptors (Lipinski definition) is 3. The molecule has 3 rings (SSSR count). The van der Waals surface area contributed by atoms with E-state index in [2.05, 4.69) is 17.0 Å². The first kappa shape index (κ1) is 17.2. The lowest BCUT2D eigenvalue weighted by molar-refractivity contribution is -0.147. The number of carbonyl (C=O) groups is 1. The number of nitrogens with zero attached hydrogens (tertiary/aromatic N) is 2. The predicted molar refractivity (Wildman–Crippen MR) is 99.5 cm³/mol. The lowest BCUT2D eigenvalue weighted by atomic mass is 9.77. The zero-order chi connectivity index (χ0) is 18.0. The Balaban J connectivity index is 2.10. The van der Waals surface area contributed by atoms with Gasteiger partial charge in [-0.15, -0.1) is 0 Å². The average Bonchev–Trinajstić information content (AvgIpc) is 2.90. The summed E-state index contributed by atoms with van der Waals surface area (Å²) in [7, 11) is 0. The molecule has 4 heteroatoms. The molecule has 0 fully saturated rings. The lowest BCUT2D eigenvalue weighted by Gasteiger charge is -2.37. The Morgan fingerprint density at radius 2 is 1.68 bits per heavy atom. The molecule has 2 aromatic rings. The third-order valence-electron chi connectivity index (χ3n) is 5.02. The summed E-state index contributed by atoms with van der Waals surface area (Å²) < 4.78 is 0. The third-order valence-corrected chi connectivity index (χ3v) is 5.02. The summed E-state index contributed by atoms with van der Waals surface area (Å²) >= 11 is 0. The van der Waals surface area contributed by atoms with Crippen LogP contribution in [-0.4, -0.2) is 27.4 Å². The van der Waals surface area contributed by atoms with Crippen molar-refractivity contribution in [1.82, 2.24) is 4.90 Å². The maximum absolute atomic E-state index is 12.4. The lowest BCUT2D eigenvalue weighted by Crippen LogP contribution is -2.49. The molecule has 1 N–H and O–H groups in total. The minimum Gasteiger partial charge on any atom is -0.479 e. The van der Waals surface area contributed by atoms with Crippen LogP contribution in [0.4, 0.5) is 0 Å². The summed E-state index contributed by atoms with van der Waals surface area (Å²) in [5.74, 6) is -0.231. The Bertz CT molecular complexity index is 771. The summed E-state index contributed by atoms with van der Waals surface area (Å²) in [5, 5.41) is 10.1. The molecule has 0 unspecified atom stereocenters. The molecule has 0 bridgehead atoms. The summed E-state index contributed by atoms with van der Waals surface area (Å²) in [5.41, 5.74) is 0.943. The van der Waals surface area contributed by atoms with E-state index in [0.717, 1.165) is 17.0 Å². The second-order valence-electron chi connectivity index (χ2n) is 6.87. The molecule has 0 radical (unpaired) electrons. The first-order valence-electron chi connectivity index (χ1n) is 8.62. The van der Waals surface area contributed by atoms with Crippen molar-refractivity contribution in [2.75, 3.05) is 0 Å². The molecule has 2 atom stereocenters. The fourth-order valence-corrected chi connectivity index (χ4v) is 3.73. The minimum absolute atomic E-state index is 0.133. The van der Waals surface area contributed by atoms with E-state index in [1.165, 1.54) is 0 Å². The highest BCUT2D eigenvalue weighted by molar-refractivity contribution is 5.92. The van der Waals surface area contributed by atoms with Crippen LogP contribution in [0.2, 0.25) is 0 Å². The van der Waals surface area contributed by atoms with Crippen LogP contribution < -0.4 is 0 Å². The summed E-state index contributed by atoms with van der Waals surface area (Å²) in [6, 6.07) is 19.6. The highest BCUT2D eigenvalue weighted by atomic mass is 16.4. The summed E-state index contributed by atoms with van der Waals surface area (Å²) in [6.07, 6.45) is 0. The van der Waals surface area contributed by atoms with Crippen LogP contribution in [-0.2, 0) is 11.3 Å². The van der Waals surface area contributed by atoms with Crippen LogP contribution >= 0.6 is 0 Å². The van der Waals surface area contributed by atoms with Crippen molar-refractivity contribution in [2.24, 2.45) is 10.9 Å². The number of benzene rings is 2. The van der Waals surface area contributed by atoms with Crippen LogP contribution in [0.1, 0.15) is 37.9 Å². The van der Waals surface area contributed by atoms with E-state index in [1.807, 2.05) is 69.3 Å². The van der Waals surface area contributed by atoms with Gasteiger partial charge in [-0.05, 0) is 24.0 Å². The summed E-state index contributed by atoms with van der Waals surface area (Å²) in [4.78, 5) is 19.2. The average molecular weight is 336 g/mol. The highest BCUT2D eigenvalue weighted by Crippen LogP contribution is 2.45. The number of aliphatic carboxylic acids is 1. The normalized spacial score (nSPS) is 23.0. The van der Waals surface area contributed by atoms with Crippen LogP contribution in [0, 0.1) is 5.92 Å². The Morgan fingerprint density at radius 3 is 2.20 bits per heavy atom. The number of carboxylic acid groups (broad SMARTS) is 1. The monoisotopic (exact) mass is 336 g/mol. The van der Waals surface area contributed by atoms with Gasteiger partial charge in [0.15, 0.2) is 5.54 Å². The fourth-order valence-electron chi connectivity index (χ4n) is 3.73. The standard InChI is InChI=1S/C21H24N2O2/c1-15(2)21(20(24)25)19(18-12-8-5-9-13-18)23(16(3)22-21)14-17-10-6-4-7-11-17/h4-13,15,19H,14H2,1-3H3,(H,24,25)/t19-,21-/m0/s1. The Labute approximate surface area is 148 Å². The number of aliphatic imine (C=N–C) groups is 1. The first-order chi connectivity index (χ1) is 12.0. The molecule has 2 aromatic carbocycles. The first-order valence-corrected chi connectivity index (χ1v) is 8.62. The number of hydrogen-bond donors (Lipinski definition) is 1. The quantitative estimate of drug-likeness (QED) is 0.893. The highest BCUT2D eigenvalue weighted by Gasteiger charge is 2.56. The minimum atomic E-state index is -1.18. The van der Waals surface area contributed by atoms with Gasteiger partial charge in [0.05, 0.1) is 11.9 Å². The van der Waals surface area contributed by atoms with Crippen molar-refractivity contribution < 1.29 is 9.90 Å². The van der Waals surface area contributed by atoms with Crippen molar-refractivity contribution in [3.63, 3.8) is 0 Å². The topological polar surface area (TPSA) is 52.9 Å². The molecule has 0 aromatic heterocycles. The molecule has 1 aliphatic heterocycles. The zero-order valence-corrected chi connectivity index (χ0v) is 14.9. The molecule has 4 nitrogen and oxygen atoms in total. The van der Waals surface area contributed by atoms with E-state index < -0.39 is 11.5 Å². The Morgan fingerprint density at radius 1 is 1.12 bits per heavy atom. The molecule has 130 valence electrons. The van der Waals surface area contributed by atoms with Crippen LogP contribution in [0.15, 0.2) is 65.7 Å². The maximum atomic E-state index is 12.4. The van der Waals surface area contributed by atoms with E-state index in [0.29, 0.717) is 6.54 Å². The molecular weight excluding hydrogens is 312 g/mol. The predicted octanol–water partition coefficient (Wildman–Crippen LogP) is 4.14. The van der Waals surface area contributed by atoms with Crippen molar-refractivity contribution in [3.05, 3.63) is 71.8 Å². The van der Waals surface area contributed by atoms with Gasteiger partial charge in [0.25, 0.3) is 0 Å². The van der Waals surface area contributed by atoms with E-state index in [-0.39, 0.29) is 12.0 Å². The number of carboxylic acids is 1. The maximum Gasteiger partial charge on any atom is 0.334 e. The fraction of sp³-hybridized carbons (Fsp3) is 0.333. The van der Waals surface area contributed by atoms with Gasteiger partial charge in [0.2, 0.25) is 0 Å². The van der Waals surface area contributed by atoms with Crippen molar-refractivity contribution >= 4 is 11.8 Å². The molecule has 0 amide bonds. The van der Waals surface area contributed by atoms with Crippen molar-refractivity contribution in [2.45, 2.75) is 38.9 Å². The smallest absolute Gasteiger partial charge is 0.334 e. The van der Waals surface area contributed by atoms with Gasteiger partial charge in [-0.3, -0.25) is 4.99 Å². The van der Waals surface area contributed by atoms with Crippen LogP contribution in [0.3, 0.4) is 0 Å². The van der Waals surface area contributed by atoms with Gasteiger partial charge in [0, 0.05) is 6.54 Å². The molecular formula is C21H24N2O2. The molecule has 1 heterocycles. The number of rotatable bonds is 5. The van der Waals surface area contributed by atoms with Gasteiger partial charge in [-0.25, -0.2) is 4.79 Å². The van der Waals surface area contributed by atoms with Crippen molar-refractivity contribution in [3.8, 4) is 0 Å². The zero-order valence-electron chi connectivity index (χ0n) is 14.9. The molecule has 1 aliphatic rings. The SMILES string of the molecule is CC1=N[C@@](C(=O)O)(C(C)C)[C@H](c2ccccc2)N1Cc1ccccc1. The van der Waals surface area contributed by atoms with Gasteiger partial charge in [0.1, 0.15) is 0 Å². The van der Waals surface area contributed by atoms with Gasteiger partial charge in [-0.2, -0.15) is 0 Å². The molecule has 0 spiro atoms. The summed E-state index contributed by atoms with van der Waals surface area (Å²) in [6.45, 7) is 6.42. The molecule has 0 saturated carbocycles. The van der Waals surface area contributed by atoms with Gasteiger partial charge >= 0.3 is 5.97 Å². The van der Waals surface area contributed by atoms with Gasteiger partial charge in [-0.1, -0.05) is 74.5 Å². The second-order valence-corrected chi connectivity index (χ2v) is 6.87. The van der Waals surface area contributed by atoms with Crippen LogP contribution in [0.5, 0.6) is 0 Å². The molecule has 25 heavy (non-hydrogen) atoms. The van der Waals surface area contributed by atoms with E-state index >= 15 is 0 Å². The Hall–Kier alpha value is -2.62. The number of amidine groups is 1. The van der Waals surface area contributed by atoms with E-state index in [1.54, 1.807) is 0 Å². The Kier molecular flexibility index (Phi) is 4.62. The van der Waals surface area contributed by atoms with Crippen molar-refractivity contribution in [1.29, 1.82) is 0 Å². The van der Waals surface area contributed by atoms with E-state index in [9.17, 15) is 9.90 Å². The third kappa shape index (κ3) is 2.93. The molecule has 0 aliphatic carbocycles. The van der Waals surface area contributed by atoms with Gasteiger partial charge < -0.3 is 10.0 Å².